The third kappa shape index (κ3) is 1.82. The molecule has 0 aromatic carbocycles. The molecule has 80 valence electrons. The van der Waals surface area contributed by atoms with Crippen molar-refractivity contribution < 1.29 is 4.74 Å². The van der Waals surface area contributed by atoms with Gasteiger partial charge in [0.1, 0.15) is 17.1 Å². The van der Waals surface area contributed by atoms with Gasteiger partial charge in [0.05, 0.1) is 13.3 Å². The van der Waals surface area contributed by atoms with Crippen LogP contribution in [0.1, 0.15) is 19.7 Å². The van der Waals surface area contributed by atoms with Crippen LogP contribution in [0.5, 0.6) is 5.75 Å². The molecule has 0 saturated carbocycles. The molecule has 0 atom stereocenters. The average Bonchev–Trinajstić information content (AvgIpc) is 2.61. The highest BCUT2D eigenvalue weighted by Gasteiger charge is 2.08. The number of hydrogen-bond acceptors (Lipinski definition) is 2. The highest BCUT2D eigenvalue weighted by Crippen LogP contribution is 2.20. The number of fused-ring (bicyclic) bond motifs is 1. The Kier molecular flexibility index (Phi) is 2.62. The largest absolute Gasteiger partial charge is 0.494 e. The molecule has 0 unspecified atom stereocenters. The lowest BCUT2D eigenvalue weighted by Gasteiger charge is -2.05. The minimum atomic E-state index is 0.613. The van der Waals surface area contributed by atoms with Gasteiger partial charge in [-0.3, -0.25) is 0 Å². The lowest BCUT2D eigenvalue weighted by molar-refractivity contribution is 0.417. The molecule has 0 amide bonds. The van der Waals surface area contributed by atoms with Crippen LogP contribution in [0.25, 0.3) is 5.52 Å². The lowest BCUT2D eigenvalue weighted by Crippen LogP contribution is -2.00. The Morgan fingerprint density at radius 2 is 2.27 bits per heavy atom. The van der Waals surface area contributed by atoms with Crippen molar-refractivity contribution in [2.75, 3.05) is 7.11 Å². The van der Waals surface area contributed by atoms with E-state index in [0.29, 0.717) is 5.92 Å². The Morgan fingerprint density at radius 3 is 2.93 bits per heavy atom. The van der Waals surface area contributed by atoms with E-state index >= 15 is 0 Å². The summed E-state index contributed by atoms with van der Waals surface area (Å²) in [5, 5.41) is 0. The Hall–Kier alpha value is -1.51. The van der Waals surface area contributed by atoms with Crippen LogP contribution in [0.4, 0.5) is 0 Å². The lowest BCUT2D eigenvalue weighted by atomic mass is 10.1. The molecule has 2 heterocycles. The number of methoxy groups -OCH3 is 1. The quantitative estimate of drug-likeness (QED) is 0.768. The van der Waals surface area contributed by atoms with Gasteiger partial charge in [-0.15, -0.1) is 0 Å². The molecule has 0 aliphatic rings. The van der Waals surface area contributed by atoms with Crippen molar-refractivity contribution in [2.45, 2.75) is 20.3 Å². The smallest absolute Gasteiger partial charge is 0.144 e. The fourth-order valence-corrected chi connectivity index (χ4v) is 1.74. The normalized spacial score (nSPS) is 11.2. The monoisotopic (exact) mass is 204 g/mol. The fraction of sp³-hybridized carbons (Fsp3) is 0.417. The van der Waals surface area contributed by atoms with Gasteiger partial charge in [-0.1, -0.05) is 13.8 Å². The van der Waals surface area contributed by atoms with Crippen molar-refractivity contribution in [1.82, 2.24) is 9.38 Å². The molecule has 15 heavy (non-hydrogen) atoms. The van der Waals surface area contributed by atoms with Crippen LogP contribution in [0, 0.1) is 5.92 Å². The van der Waals surface area contributed by atoms with Crippen LogP contribution in [-0.4, -0.2) is 16.5 Å². The molecule has 0 aliphatic carbocycles. The zero-order valence-corrected chi connectivity index (χ0v) is 9.40. The minimum Gasteiger partial charge on any atom is -0.494 e. The van der Waals surface area contributed by atoms with Crippen LogP contribution in [0.2, 0.25) is 0 Å². The van der Waals surface area contributed by atoms with Crippen molar-refractivity contribution >= 4 is 5.52 Å². The van der Waals surface area contributed by atoms with Gasteiger partial charge in [0.15, 0.2) is 0 Å². The number of hydrogen-bond donors (Lipinski definition) is 0. The highest BCUT2D eigenvalue weighted by molar-refractivity contribution is 5.59. The summed E-state index contributed by atoms with van der Waals surface area (Å²) in [5.41, 5.74) is 1.04. The first-order chi connectivity index (χ1) is 7.22. The molecule has 0 bridgehead atoms. The van der Waals surface area contributed by atoms with Crippen molar-refractivity contribution in [2.24, 2.45) is 5.92 Å². The zero-order valence-electron chi connectivity index (χ0n) is 9.40. The Labute approximate surface area is 89.7 Å². The van der Waals surface area contributed by atoms with Crippen LogP contribution < -0.4 is 4.74 Å². The van der Waals surface area contributed by atoms with Gasteiger partial charge < -0.3 is 9.14 Å². The van der Waals surface area contributed by atoms with E-state index < -0.39 is 0 Å². The molecule has 0 fully saturated rings. The predicted octanol–water partition coefficient (Wildman–Crippen LogP) is 2.54. The van der Waals surface area contributed by atoms with Crippen LogP contribution in [0.3, 0.4) is 0 Å². The maximum Gasteiger partial charge on any atom is 0.144 e. The summed E-state index contributed by atoms with van der Waals surface area (Å²) >= 11 is 0. The second-order valence-electron chi connectivity index (χ2n) is 4.10. The van der Waals surface area contributed by atoms with Crippen LogP contribution in [0.15, 0.2) is 24.5 Å². The summed E-state index contributed by atoms with van der Waals surface area (Å²) in [6.07, 6.45) is 4.89. The van der Waals surface area contributed by atoms with Gasteiger partial charge >= 0.3 is 0 Å². The number of ether oxygens (including phenoxy) is 1. The molecule has 0 radical (unpaired) electrons. The molecule has 0 spiro atoms. The van der Waals surface area contributed by atoms with E-state index in [1.807, 2.05) is 24.5 Å². The van der Waals surface area contributed by atoms with E-state index in [-0.39, 0.29) is 0 Å². The molecular formula is C12H16N2O. The molecule has 0 aliphatic heterocycles. The molecule has 0 saturated heterocycles. The van der Waals surface area contributed by atoms with Crippen molar-refractivity contribution in [1.29, 1.82) is 0 Å². The number of rotatable bonds is 3. The van der Waals surface area contributed by atoms with Gasteiger partial charge in [0, 0.05) is 12.6 Å². The van der Waals surface area contributed by atoms with Crippen molar-refractivity contribution in [3.05, 3.63) is 30.4 Å². The second kappa shape index (κ2) is 3.93. The number of aromatic nitrogens is 2. The standard InChI is InChI=1S/C12H16N2O/c1-9(2)7-12-13-8-10-11(15-3)5-4-6-14(10)12/h4-6,8-9H,7H2,1-3H3. The first kappa shape index (κ1) is 10.0. The van der Waals surface area contributed by atoms with Crippen LogP contribution in [-0.2, 0) is 6.42 Å². The number of imidazole rings is 1. The molecular weight excluding hydrogens is 188 g/mol. The Bertz CT molecular complexity index is 460. The summed E-state index contributed by atoms with van der Waals surface area (Å²) in [4.78, 5) is 4.43. The highest BCUT2D eigenvalue weighted by atomic mass is 16.5. The molecule has 2 aromatic heterocycles. The average molecular weight is 204 g/mol. The molecule has 3 heteroatoms. The van der Waals surface area contributed by atoms with E-state index in [4.69, 9.17) is 4.74 Å². The Morgan fingerprint density at radius 1 is 1.47 bits per heavy atom. The van der Waals surface area contributed by atoms with Gasteiger partial charge in [-0.25, -0.2) is 4.98 Å². The van der Waals surface area contributed by atoms with Gasteiger partial charge in [0.25, 0.3) is 0 Å². The maximum atomic E-state index is 5.28. The zero-order chi connectivity index (χ0) is 10.8. The summed E-state index contributed by atoms with van der Waals surface area (Å²) in [7, 11) is 1.68. The SMILES string of the molecule is COc1cccn2c(CC(C)C)ncc12. The van der Waals surface area contributed by atoms with Gasteiger partial charge in [0.2, 0.25) is 0 Å². The van der Waals surface area contributed by atoms with Gasteiger partial charge in [-0.2, -0.15) is 0 Å². The van der Waals surface area contributed by atoms with Gasteiger partial charge in [-0.05, 0) is 18.1 Å². The van der Waals surface area contributed by atoms with Crippen LogP contribution >= 0.6 is 0 Å². The first-order valence-electron chi connectivity index (χ1n) is 5.21. The molecule has 3 nitrogen and oxygen atoms in total. The Balaban J connectivity index is 2.51. The second-order valence-corrected chi connectivity index (χ2v) is 4.10. The van der Waals surface area contributed by atoms with E-state index in [1.54, 1.807) is 7.11 Å². The van der Waals surface area contributed by atoms with E-state index in [9.17, 15) is 0 Å². The third-order valence-electron chi connectivity index (χ3n) is 2.42. The molecule has 2 aromatic rings. The molecule has 2 rings (SSSR count). The van der Waals surface area contributed by atoms with E-state index in [1.165, 1.54) is 0 Å². The third-order valence-corrected chi connectivity index (χ3v) is 2.42. The number of pyridine rings is 1. The van der Waals surface area contributed by atoms with E-state index in [0.717, 1.165) is 23.5 Å². The van der Waals surface area contributed by atoms with Crippen molar-refractivity contribution in [3.63, 3.8) is 0 Å². The summed E-state index contributed by atoms with van der Waals surface area (Å²) in [6.45, 7) is 4.39. The first-order valence-corrected chi connectivity index (χ1v) is 5.21. The topological polar surface area (TPSA) is 26.5 Å². The van der Waals surface area contributed by atoms with Crippen molar-refractivity contribution in [3.8, 4) is 5.75 Å². The maximum absolute atomic E-state index is 5.28. The number of nitrogens with zero attached hydrogens (tertiary/aromatic N) is 2. The summed E-state index contributed by atoms with van der Waals surface area (Å²) < 4.78 is 7.38. The minimum absolute atomic E-state index is 0.613. The fourth-order valence-electron chi connectivity index (χ4n) is 1.74. The van der Waals surface area contributed by atoms with E-state index in [2.05, 4.69) is 23.2 Å². The molecule has 0 N–H and O–H groups in total. The summed E-state index contributed by atoms with van der Waals surface area (Å²) in [5.74, 6) is 2.58. The predicted molar refractivity (Wildman–Crippen MR) is 60.3 cm³/mol. The summed E-state index contributed by atoms with van der Waals surface area (Å²) in [6, 6.07) is 3.94.